The molecule has 0 aromatic heterocycles. The first-order chi connectivity index (χ1) is 8.25. The molecule has 98 valence electrons. The van der Waals surface area contributed by atoms with E-state index < -0.39 is 5.41 Å². The Bertz CT molecular complexity index is 431. The molecule has 0 spiro atoms. The first-order valence-corrected chi connectivity index (χ1v) is 5.93. The molecule has 0 aliphatic heterocycles. The molecule has 0 heterocycles. The van der Waals surface area contributed by atoms with E-state index in [-0.39, 0.29) is 11.4 Å². The first kappa shape index (κ1) is 16.3. The van der Waals surface area contributed by atoms with Crippen molar-refractivity contribution in [3.05, 3.63) is 12.2 Å². The standard InChI is InChI=1S/C16H22O2/c1-7-8-9-10-11-12-15(2,3)13-16(4,5)14(17)18-6/h11-12H,13H2,1-6H3. The molecule has 2 heteroatoms. The van der Waals surface area contributed by atoms with E-state index in [0.717, 1.165) is 0 Å². The van der Waals surface area contributed by atoms with Crippen molar-refractivity contribution in [1.29, 1.82) is 0 Å². The summed E-state index contributed by atoms with van der Waals surface area (Å²) in [4.78, 5) is 11.6. The molecule has 18 heavy (non-hydrogen) atoms. The number of ether oxygens (including phenoxy) is 1. The number of allylic oxidation sites excluding steroid dienone is 2. The van der Waals surface area contributed by atoms with E-state index in [2.05, 4.69) is 37.5 Å². The Morgan fingerprint density at radius 3 is 2.33 bits per heavy atom. The average Bonchev–Trinajstić information content (AvgIpc) is 2.26. The SMILES string of the molecule is CC#CC#CC=CC(C)(C)CC(C)(C)C(=O)OC. The molecule has 0 unspecified atom stereocenters. The monoisotopic (exact) mass is 246 g/mol. The number of carbonyl (C=O) groups is 1. The quantitative estimate of drug-likeness (QED) is 0.562. The van der Waals surface area contributed by atoms with Crippen molar-refractivity contribution in [3.8, 4) is 23.7 Å². The molecule has 0 rings (SSSR count). The van der Waals surface area contributed by atoms with Gasteiger partial charge in [0.25, 0.3) is 0 Å². The van der Waals surface area contributed by atoms with Gasteiger partial charge < -0.3 is 4.74 Å². The molecule has 0 radical (unpaired) electrons. The zero-order valence-corrected chi connectivity index (χ0v) is 12.2. The fourth-order valence-corrected chi connectivity index (χ4v) is 1.95. The minimum absolute atomic E-state index is 0.119. The summed E-state index contributed by atoms with van der Waals surface area (Å²) >= 11 is 0. The Labute approximate surface area is 111 Å². The van der Waals surface area contributed by atoms with Gasteiger partial charge >= 0.3 is 5.97 Å². The van der Waals surface area contributed by atoms with Crippen molar-refractivity contribution in [1.82, 2.24) is 0 Å². The summed E-state index contributed by atoms with van der Waals surface area (Å²) in [6.45, 7) is 9.68. The van der Waals surface area contributed by atoms with Crippen LogP contribution in [0.1, 0.15) is 41.0 Å². The lowest BCUT2D eigenvalue weighted by molar-refractivity contribution is -0.152. The van der Waals surface area contributed by atoms with Gasteiger partial charge in [-0.05, 0) is 50.5 Å². The summed E-state index contributed by atoms with van der Waals surface area (Å²) < 4.78 is 4.81. The molecule has 0 N–H and O–H groups in total. The van der Waals surface area contributed by atoms with Gasteiger partial charge in [-0.3, -0.25) is 4.79 Å². The smallest absolute Gasteiger partial charge is 0.311 e. The van der Waals surface area contributed by atoms with Crippen molar-refractivity contribution >= 4 is 5.97 Å². The second-order valence-corrected chi connectivity index (χ2v) is 5.52. The molecule has 0 aromatic rings. The third-order valence-corrected chi connectivity index (χ3v) is 2.51. The molecule has 0 atom stereocenters. The Hall–Kier alpha value is -1.67. The van der Waals surface area contributed by atoms with Gasteiger partial charge in [-0.25, -0.2) is 0 Å². The summed E-state index contributed by atoms with van der Waals surface area (Å²) in [5.41, 5.74) is -0.620. The molecule has 0 saturated heterocycles. The van der Waals surface area contributed by atoms with E-state index in [1.807, 2.05) is 19.9 Å². The van der Waals surface area contributed by atoms with Crippen molar-refractivity contribution in [3.63, 3.8) is 0 Å². The third-order valence-electron chi connectivity index (χ3n) is 2.51. The van der Waals surface area contributed by atoms with Gasteiger partial charge in [0, 0.05) is 0 Å². The lowest BCUT2D eigenvalue weighted by atomic mass is 9.75. The van der Waals surface area contributed by atoms with Crippen LogP contribution in [0.2, 0.25) is 0 Å². The van der Waals surface area contributed by atoms with Gasteiger partial charge in [0.15, 0.2) is 0 Å². The average molecular weight is 246 g/mol. The van der Waals surface area contributed by atoms with Crippen LogP contribution < -0.4 is 0 Å². The van der Waals surface area contributed by atoms with E-state index in [9.17, 15) is 4.79 Å². The van der Waals surface area contributed by atoms with Gasteiger partial charge in [0.1, 0.15) is 0 Å². The Balaban J connectivity index is 4.70. The van der Waals surface area contributed by atoms with Crippen LogP contribution in [0.5, 0.6) is 0 Å². The van der Waals surface area contributed by atoms with Crippen LogP contribution in [-0.4, -0.2) is 13.1 Å². The third kappa shape index (κ3) is 6.16. The van der Waals surface area contributed by atoms with Gasteiger partial charge in [0.05, 0.1) is 12.5 Å². The van der Waals surface area contributed by atoms with Crippen LogP contribution in [0, 0.1) is 34.5 Å². The Kier molecular flexibility index (Phi) is 6.28. The number of methoxy groups -OCH3 is 1. The normalized spacial score (nSPS) is 11.2. The van der Waals surface area contributed by atoms with Crippen LogP contribution in [0.3, 0.4) is 0 Å². The molecule has 0 fully saturated rings. The fraction of sp³-hybridized carbons (Fsp3) is 0.562. The van der Waals surface area contributed by atoms with Crippen LogP contribution >= 0.6 is 0 Å². The van der Waals surface area contributed by atoms with E-state index in [0.29, 0.717) is 6.42 Å². The highest BCUT2D eigenvalue weighted by Crippen LogP contribution is 2.35. The largest absolute Gasteiger partial charge is 0.469 e. The van der Waals surface area contributed by atoms with Crippen molar-refractivity contribution in [2.75, 3.05) is 7.11 Å². The zero-order valence-electron chi connectivity index (χ0n) is 12.2. The number of hydrogen-bond donors (Lipinski definition) is 0. The van der Waals surface area contributed by atoms with Gasteiger partial charge in [0.2, 0.25) is 0 Å². The van der Waals surface area contributed by atoms with Crippen molar-refractivity contribution in [2.45, 2.75) is 41.0 Å². The topological polar surface area (TPSA) is 26.3 Å². The van der Waals surface area contributed by atoms with Crippen LogP contribution in [0.15, 0.2) is 12.2 Å². The molecule has 0 aliphatic rings. The second kappa shape index (κ2) is 6.92. The first-order valence-electron chi connectivity index (χ1n) is 5.93. The van der Waals surface area contributed by atoms with E-state index in [4.69, 9.17) is 4.74 Å². The molecular formula is C16H22O2. The lowest BCUT2D eigenvalue weighted by Gasteiger charge is -2.30. The summed E-state index contributed by atoms with van der Waals surface area (Å²) in [7, 11) is 1.42. The Morgan fingerprint density at radius 1 is 1.22 bits per heavy atom. The predicted octanol–water partition coefficient (Wildman–Crippen LogP) is 3.18. The maximum atomic E-state index is 11.6. The number of carbonyl (C=O) groups excluding carboxylic acids is 1. The van der Waals surface area contributed by atoms with Crippen LogP contribution in [-0.2, 0) is 9.53 Å². The van der Waals surface area contributed by atoms with Crippen LogP contribution in [0.25, 0.3) is 0 Å². The van der Waals surface area contributed by atoms with Gasteiger partial charge in [-0.2, -0.15) is 0 Å². The fourth-order valence-electron chi connectivity index (χ4n) is 1.95. The molecule has 0 aliphatic carbocycles. The van der Waals surface area contributed by atoms with E-state index in [1.165, 1.54) is 7.11 Å². The number of esters is 1. The Morgan fingerprint density at radius 2 is 1.83 bits per heavy atom. The minimum Gasteiger partial charge on any atom is -0.469 e. The molecule has 0 amide bonds. The summed E-state index contributed by atoms with van der Waals surface area (Å²) in [5.74, 6) is 10.8. The van der Waals surface area contributed by atoms with E-state index >= 15 is 0 Å². The number of hydrogen-bond acceptors (Lipinski definition) is 2. The second-order valence-electron chi connectivity index (χ2n) is 5.52. The molecular weight excluding hydrogens is 224 g/mol. The summed E-state index contributed by atoms with van der Waals surface area (Å²) in [6, 6.07) is 0. The highest BCUT2D eigenvalue weighted by molar-refractivity contribution is 5.75. The van der Waals surface area contributed by atoms with Crippen molar-refractivity contribution in [2.24, 2.45) is 10.8 Å². The van der Waals surface area contributed by atoms with Crippen LogP contribution in [0.4, 0.5) is 0 Å². The lowest BCUT2D eigenvalue weighted by Crippen LogP contribution is -2.30. The summed E-state index contributed by atoms with van der Waals surface area (Å²) in [5, 5.41) is 0. The zero-order chi connectivity index (χ0) is 14.2. The molecule has 0 bridgehead atoms. The highest BCUT2D eigenvalue weighted by atomic mass is 16.5. The molecule has 0 saturated carbocycles. The minimum atomic E-state index is -0.501. The molecule has 0 aromatic carbocycles. The maximum Gasteiger partial charge on any atom is 0.311 e. The van der Waals surface area contributed by atoms with Gasteiger partial charge in [-0.15, -0.1) is 0 Å². The predicted molar refractivity (Wildman–Crippen MR) is 74.6 cm³/mol. The maximum absolute atomic E-state index is 11.6. The highest BCUT2D eigenvalue weighted by Gasteiger charge is 2.34. The molecule has 2 nitrogen and oxygen atoms in total. The van der Waals surface area contributed by atoms with E-state index in [1.54, 1.807) is 13.0 Å². The van der Waals surface area contributed by atoms with Crippen molar-refractivity contribution < 1.29 is 9.53 Å². The van der Waals surface area contributed by atoms with Gasteiger partial charge in [-0.1, -0.05) is 31.8 Å². The summed E-state index contributed by atoms with van der Waals surface area (Å²) in [6.07, 6.45) is 4.49. The number of rotatable bonds is 4.